The van der Waals surface area contributed by atoms with Gasteiger partial charge in [-0.05, 0) is 37.5 Å². The molecular weight excluding hydrogens is 446 g/mol. The molecule has 0 saturated carbocycles. The molecule has 0 atom stereocenters. The molecule has 0 amide bonds. The van der Waals surface area contributed by atoms with Crippen molar-refractivity contribution in [2.45, 2.75) is 18.9 Å². The Kier molecular flexibility index (Phi) is 5.57. The van der Waals surface area contributed by atoms with Gasteiger partial charge in [0.15, 0.2) is 0 Å². The number of pyridine rings is 1. The molecule has 4 aromatic rings. The summed E-state index contributed by atoms with van der Waals surface area (Å²) in [5.41, 5.74) is 4.27. The van der Waals surface area contributed by atoms with Gasteiger partial charge in [0.1, 0.15) is 23.0 Å². The number of fused-ring (bicyclic) bond motifs is 1. The van der Waals surface area contributed by atoms with Crippen LogP contribution >= 0.6 is 0 Å². The molecular formula is C24H27N9S. The van der Waals surface area contributed by atoms with E-state index in [1.165, 1.54) is 0 Å². The maximum absolute atomic E-state index is 9.61. The van der Waals surface area contributed by atoms with Crippen LogP contribution in [0.4, 0.5) is 5.82 Å². The van der Waals surface area contributed by atoms with Gasteiger partial charge in [-0.25, -0.2) is 14.5 Å². The molecule has 34 heavy (non-hydrogen) atoms. The molecule has 0 bridgehead atoms. The molecule has 0 radical (unpaired) electrons. The number of anilines is 1. The van der Waals surface area contributed by atoms with E-state index in [1.807, 2.05) is 37.8 Å². The minimum Gasteiger partial charge on any atom is -0.356 e. The molecule has 4 aromatic heterocycles. The molecule has 174 valence electrons. The number of hydrogen-bond acceptors (Lipinski definition) is 7. The van der Waals surface area contributed by atoms with Crippen LogP contribution in [0.2, 0.25) is 0 Å². The van der Waals surface area contributed by atoms with E-state index in [0.717, 1.165) is 48.6 Å². The summed E-state index contributed by atoms with van der Waals surface area (Å²) in [6.45, 7) is 1.85. The smallest absolute Gasteiger partial charge is 0.128 e. The fraction of sp³-hybridized carbons (Fsp3) is 0.333. The predicted octanol–water partition coefficient (Wildman–Crippen LogP) is 3.06. The summed E-state index contributed by atoms with van der Waals surface area (Å²) in [4.78, 5) is 11.9. The number of aromatic nitrogens is 6. The molecule has 5 heterocycles. The van der Waals surface area contributed by atoms with Gasteiger partial charge in [0.25, 0.3) is 0 Å². The molecule has 10 heteroatoms. The van der Waals surface area contributed by atoms with Gasteiger partial charge in [-0.3, -0.25) is 9.04 Å². The summed E-state index contributed by atoms with van der Waals surface area (Å²) < 4.78 is 8.34. The number of piperidine rings is 1. The van der Waals surface area contributed by atoms with Crippen molar-refractivity contribution in [3.05, 3.63) is 48.7 Å². The van der Waals surface area contributed by atoms with Gasteiger partial charge in [0, 0.05) is 43.7 Å². The number of nitriles is 1. The normalized spacial score (nSPS) is 14.9. The summed E-state index contributed by atoms with van der Waals surface area (Å²) in [6.07, 6.45) is 15.2. The lowest BCUT2D eigenvalue weighted by molar-refractivity contribution is 0.504. The van der Waals surface area contributed by atoms with E-state index in [2.05, 4.69) is 39.5 Å². The van der Waals surface area contributed by atoms with Crippen LogP contribution in [0.1, 0.15) is 18.4 Å². The number of rotatable bonds is 4. The van der Waals surface area contributed by atoms with E-state index in [4.69, 9.17) is 14.3 Å². The standard InChI is InChI=1S/C24H27N9S/c1-31-15-19(14-27-31)21-16-33-24(18(11-25)13-28-33)23(29-21)17-5-6-22(26-12-17)32-9-7-20(8-10-32)30-34(2,3)4/h5-6,12-16,20H,2,7-10H2,1,3-4H3. The summed E-state index contributed by atoms with van der Waals surface area (Å²) in [5, 5.41) is 18.2. The Bertz CT molecular complexity index is 1500. The highest BCUT2D eigenvalue weighted by Gasteiger charge is 2.21. The largest absolute Gasteiger partial charge is 0.356 e. The Morgan fingerprint density at radius 1 is 1.09 bits per heavy atom. The molecule has 9 nitrogen and oxygen atoms in total. The SMILES string of the molecule is C=S(C)(C)=NC1CCN(c2ccc(-c3nc(-c4cnn(C)c4)cn4ncc(C#N)c34)cn2)CC1. The van der Waals surface area contributed by atoms with Gasteiger partial charge in [-0.1, -0.05) is 5.87 Å². The first-order chi connectivity index (χ1) is 16.3. The van der Waals surface area contributed by atoms with Gasteiger partial charge in [-0.15, -0.1) is 9.41 Å². The second kappa shape index (κ2) is 8.57. The van der Waals surface area contributed by atoms with Crippen LogP contribution in [0.5, 0.6) is 0 Å². The summed E-state index contributed by atoms with van der Waals surface area (Å²) in [6, 6.07) is 6.66. The van der Waals surface area contributed by atoms with E-state index in [9.17, 15) is 5.26 Å². The van der Waals surface area contributed by atoms with E-state index < -0.39 is 9.41 Å². The second-order valence-corrected chi connectivity index (χ2v) is 12.2. The Morgan fingerprint density at radius 3 is 2.50 bits per heavy atom. The van der Waals surface area contributed by atoms with Crippen LogP contribution in [0, 0.1) is 11.3 Å². The first-order valence-electron chi connectivity index (χ1n) is 11.1. The highest BCUT2D eigenvalue weighted by atomic mass is 32.2. The fourth-order valence-electron chi connectivity index (χ4n) is 4.31. The van der Waals surface area contributed by atoms with E-state index in [0.29, 0.717) is 22.8 Å². The van der Waals surface area contributed by atoms with E-state index in [-0.39, 0.29) is 0 Å². The van der Waals surface area contributed by atoms with Crippen molar-refractivity contribution >= 4 is 26.6 Å². The Morgan fingerprint density at radius 2 is 1.88 bits per heavy atom. The first kappa shape index (κ1) is 22.1. The summed E-state index contributed by atoms with van der Waals surface area (Å²) in [7, 11) is 0.782. The minimum absolute atomic E-state index is 0.386. The fourth-order valence-corrected chi connectivity index (χ4v) is 5.32. The van der Waals surface area contributed by atoms with Crippen molar-refractivity contribution in [1.82, 2.24) is 29.4 Å². The van der Waals surface area contributed by atoms with Crippen LogP contribution in [0.25, 0.3) is 28.0 Å². The third-order valence-corrected chi connectivity index (χ3v) is 6.73. The van der Waals surface area contributed by atoms with E-state index in [1.54, 1.807) is 21.6 Å². The van der Waals surface area contributed by atoms with Gasteiger partial charge >= 0.3 is 0 Å². The topological polar surface area (TPSA) is 100 Å². The summed E-state index contributed by atoms with van der Waals surface area (Å²) in [5.74, 6) is 5.13. The van der Waals surface area contributed by atoms with Crippen LogP contribution in [0.15, 0.2) is 47.5 Å². The monoisotopic (exact) mass is 473 g/mol. The van der Waals surface area contributed by atoms with Crippen molar-refractivity contribution < 1.29 is 0 Å². The third-order valence-electron chi connectivity index (χ3n) is 5.86. The highest BCUT2D eigenvalue weighted by molar-refractivity contribution is 8.01. The molecule has 1 aliphatic heterocycles. The Labute approximate surface area is 199 Å². The van der Waals surface area contributed by atoms with Gasteiger partial charge in [0.2, 0.25) is 0 Å². The molecule has 0 aromatic carbocycles. The molecule has 1 aliphatic rings. The van der Waals surface area contributed by atoms with Gasteiger partial charge in [0.05, 0.1) is 36.0 Å². The van der Waals surface area contributed by atoms with Crippen molar-refractivity contribution in [1.29, 1.82) is 5.26 Å². The number of nitrogens with zero attached hydrogens (tertiary/aromatic N) is 9. The zero-order valence-electron chi connectivity index (χ0n) is 19.6. The van der Waals surface area contributed by atoms with Crippen molar-refractivity contribution in [2.24, 2.45) is 11.4 Å². The van der Waals surface area contributed by atoms with Gasteiger partial charge < -0.3 is 4.90 Å². The molecule has 1 fully saturated rings. The molecule has 0 N–H and O–H groups in total. The minimum atomic E-state index is -1.08. The molecule has 0 spiro atoms. The lowest BCUT2D eigenvalue weighted by atomic mass is 10.1. The summed E-state index contributed by atoms with van der Waals surface area (Å²) >= 11 is 0. The zero-order valence-corrected chi connectivity index (χ0v) is 20.4. The molecule has 0 aliphatic carbocycles. The van der Waals surface area contributed by atoms with Crippen molar-refractivity contribution in [3.63, 3.8) is 0 Å². The van der Waals surface area contributed by atoms with Gasteiger partial charge in [-0.2, -0.15) is 15.5 Å². The van der Waals surface area contributed by atoms with Crippen molar-refractivity contribution in [2.75, 3.05) is 30.5 Å². The number of hydrogen-bond donors (Lipinski definition) is 0. The third kappa shape index (κ3) is 4.39. The Hall–Kier alpha value is -3.71. The lowest BCUT2D eigenvalue weighted by Gasteiger charge is -2.31. The second-order valence-electron chi connectivity index (χ2n) is 9.05. The average Bonchev–Trinajstić information content (AvgIpc) is 3.44. The quantitative estimate of drug-likeness (QED) is 0.422. The average molecular weight is 474 g/mol. The molecule has 5 rings (SSSR count). The Balaban J connectivity index is 1.47. The van der Waals surface area contributed by atoms with Crippen LogP contribution < -0.4 is 4.90 Å². The number of aryl methyl sites for hydroxylation is 1. The lowest BCUT2D eigenvalue weighted by Crippen LogP contribution is -2.36. The predicted molar refractivity (Wildman–Crippen MR) is 137 cm³/mol. The molecule has 1 saturated heterocycles. The maximum Gasteiger partial charge on any atom is 0.128 e. The maximum atomic E-state index is 9.61. The van der Waals surface area contributed by atoms with Crippen molar-refractivity contribution in [3.8, 4) is 28.6 Å². The first-order valence-corrected chi connectivity index (χ1v) is 13.7. The zero-order chi connectivity index (χ0) is 23.9. The van der Waals surface area contributed by atoms with Crippen LogP contribution in [-0.2, 0) is 16.5 Å². The van der Waals surface area contributed by atoms with Crippen LogP contribution in [-0.4, -0.2) is 66.9 Å². The highest BCUT2D eigenvalue weighted by Crippen LogP contribution is 2.30. The van der Waals surface area contributed by atoms with Crippen LogP contribution in [0.3, 0.4) is 0 Å². The van der Waals surface area contributed by atoms with E-state index >= 15 is 0 Å². The molecule has 0 unspecified atom stereocenters.